The van der Waals surface area contributed by atoms with Crippen molar-refractivity contribution < 1.29 is 20.1 Å². The molecule has 7 nitrogen and oxygen atoms in total. The highest BCUT2D eigenvalue weighted by Crippen LogP contribution is 2.55. The minimum atomic E-state index is -3.25. The van der Waals surface area contributed by atoms with E-state index in [4.69, 9.17) is 4.74 Å². The molecule has 4 aromatic rings. The van der Waals surface area contributed by atoms with E-state index in [1.54, 1.807) is 28.6 Å². The Kier molecular flexibility index (Phi) is 8.20. The van der Waals surface area contributed by atoms with Crippen molar-refractivity contribution in [1.82, 2.24) is 9.21 Å². The molecule has 2 aliphatic rings. The summed E-state index contributed by atoms with van der Waals surface area (Å²) in [6.45, 7) is 4.03. The van der Waals surface area contributed by atoms with Gasteiger partial charge in [-0.25, -0.2) is 0 Å². The Labute approximate surface area is 244 Å². The number of nitrogens with zero attached hydrogens (tertiary/aromatic N) is 2. The first-order chi connectivity index (χ1) is 20.0. The smallest absolute Gasteiger partial charge is 0.255 e. The van der Waals surface area contributed by atoms with Crippen molar-refractivity contribution in [3.05, 3.63) is 131 Å². The molecule has 0 aliphatic carbocycles. The molecule has 214 valence electrons. The number of hydrogen-bond donors (Lipinski definition) is 3. The minimum Gasteiger partial charge on any atom is -0.378 e. The fourth-order valence-corrected chi connectivity index (χ4v) is 7.24. The third kappa shape index (κ3) is 6.23. The van der Waals surface area contributed by atoms with Gasteiger partial charge in [-0.05, 0) is 65.1 Å². The normalized spacial score (nSPS) is 18.4. The molecule has 0 aromatic heterocycles. The summed E-state index contributed by atoms with van der Waals surface area (Å²) in [5, 5.41) is 2.93. The first kappa shape index (κ1) is 27.7. The summed E-state index contributed by atoms with van der Waals surface area (Å²) in [6, 6.07) is 32.6. The SMILES string of the molecule is O=C(Nc1ccc(S(O)(O)N2CCOCC2c2ccccc2)cc1)c1ccc(CN2CCc3ccccc3C2)cc1.[HH]. The van der Waals surface area contributed by atoms with Gasteiger partial charge in [0, 0.05) is 38.9 Å². The zero-order chi connectivity index (χ0) is 28.2. The molecule has 1 amide bonds. The van der Waals surface area contributed by atoms with E-state index in [2.05, 4.69) is 34.5 Å². The number of fused-ring (bicyclic) bond motifs is 1. The quantitative estimate of drug-likeness (QED) is 0.225. The number of anilines is 1. The maximum Gasteiger partial charge on any atom is 0.255 e. The van der Waals surface area contributed by atoms with Gasteiger partial charge in [0.15, 0.2) is 0 Å². The Balaban J connectivity index is 0.00000353. The van der Waals surface area contributed by atoms with Crippen molar-refractivity contribution in [3.8, 4) is 0 Å². The number of carbonyl (C=O) groups is 1. The fourth-order valence-electron chi connectivity index (χ4n) is 5.60. The summed E-state index contributed by atoms with van der Waals surface area (Å²) in [6.07, 6.45) is 1.06. The molecular weight excluding hydrogens is 534 g/mol. The van der Waals surface area contributed by atoms with Gasteiger partial charge in [-0.3, -0.25) is 18.8 Å². The molecule has 2 aliphatic heterocycles. The lowest BCUT2D eigenvalue weighted by Gasteiger charge is -2.48. The molecule has 0 radical (unpaired) electrons. The minimum absolute atomic E-state index is 0. The van der Waals surface area contributed by atoms with Crippen LogP contribution in [0.5, 0.6) is 0 Å². The molecule has 1 saturated heterocycles. The molecule has 1 atom stereocenters. The third-order valence-corrected chi connectivity index (χ3v) is 9.85. The van der Waals surface area contributed by atoms with Crippen LogP contribution in [0.25, 0.3) is 0 Å². The molecule has 8 heteroatoms. The second kappa shape index (κ2) is 12.2. The molecule has 0 spiro atoms. The number of ether oxygens (including phenoxy) is 1. The Morgan fingerprint density at radius 1 is 0.878 bits per heavy atom. The van der Waals surface area contributed by atoms with Crippen LogP contribution in [0.1, 0.15) is 40.1 Å². The summed E-state index contributed by atoms with van der Waals surface area (Å²) in [7, 11) is -3.25. The van der Waals surface area contributed by atoms with Crippen LogP contribution in [0.3, 0.4) is 0 Å². The average molecular weight is 572 g/mol. The van der Waals surface area contributed by atoms with Crippen molar-refractivity contribution in [2.24, 2.45) is 0 Å². The van der Waals surface area contributed by atoms with Crippen molar-refractivity contribution in [1.29, 1.82) is 0 Å². The van der Waals surface area contributed by atoms with E-state index in [-0.39, 0.29) is 13.4 Å². The lowest BCUT2D eigenvalue weighted by Crippen LogP contribution is -2.41. The van der Waals surface area contributed by atoms with Gasteiger partial charge in [0.1, 0.15) is 0 Å². The van der Waals surface area contributed by atoms with Gasteiger partial charge >= 0.3 is 0 Å². The fraction of sp³-hybridized carbons (Fsp3) is 0.242. The van der Waals surface area contributed by atoms with Crippen LogP contribution in [0.4, 0.5) is 5.69 Å². The van der Waals surface area contributed by atoms with Crippen molar-refractivity contribution in [3.63, 3.8) is 0 Å². The topological polar surface area (TPSA) is 85.3 Å². The van der Waals surface area contributed by atoms with E-state index in [0.717, 1.165) is 31.6 Å². The van der Waals surface area contributed by atoms with Gasteiger partial charge in [0.2, 0.25) is 0 Å². The van der Waals surface area contributed by atoms with Crippen LogP contribution in [-0.4, -0.2) is 50.5 Å². The van der Waals surface area contributed by atoms with E-state index in [9.17, 15) is 13.9 Å². The number of rotatable bonds is 7. The molecule has 2 heterocycles. The monoisotopic (exact) mass is 571 g/mol. The largest absolute Gasteiger partial charge is 0.378 e. The maximum atomic E-state index is 12.9. The number of morpholine rings is 1. The molecule has 4 aromatic carbocycles. The summed E-state index contributed by atoms with van der Waals surface area (Å²) in [5.41, 5.74) is 6.14. The Morgan fingerprint density at radius 3 is 2.34 bits per heavy atom. The van der Waals surface area contributed by atoms with Crippen LogP contribution >= 0.6 is 10.8 Å². The molecular formula is C33H37N3O4S. The van der Waals surface area contributed by atoms with Gasteiger partial charge in [0.05, 0.1) is 24.2 Å². The summed E-state index contributed by atoms with van der Waals surface area (Å²) < 4.78 is 30.0. The predicted octanol–water partition coefficient (Wildman–Crippen LogP) is 6.84. The Hall–Kier alpha value is -3.50. The van der Waals surface area contributed by atoms with Crippen LogP contribution in [0.15, 0.2) is 108 Å². The average Bonchev–Trinajstić information content (AvgIpc) is 3.02. The first-order valence-electron chi connectivity index (χ1n) is 13.9. The van der Waals surface area contributed by atoms with Crippen LogP contribution < -0.4 is 5.32 Å². The van der Waals surface area contributed by atoms with Crippen LogP contribution in [0.2, 0.25) is 0 Å². The molecule has 3 N–H and O–H groups in total. The van der Waals surface area contributed by atoms with Gasteiger partial charge in [-0.2, -0.15) is 4.31 Å². The number of benzene rings is 4. The van der Waals surface area contributed by atoms with E-state index in [1.807, 2.05) is 54.6 Å². The van der Waals surface area contributed by atoms with Gasteiger partial charge in [-0.15, -0.1) is 10.8 Å². The maximum absolute atomic E-state index is 12.9. The highest BCUT2D eigenvalue weighted by molar-refractivity contribution is 8.22. The predicted molar refractivity (Wildman–Crippen MR) is 165 cm³/mol. The summed E-state index contributed by atoms with van der Waals surface area (Å²) >= 11 is 0. The van der Waals surface area contributed by atoms with Gasteiger partial charge < -0.3 is 10.1 Å². The van der Waals surface area contributed by atoms with E-state index in [0.29, 0.717) is 35.9 Å². The first-order valence-corrected chi connectivity index (χ1v) is 15.4. The number of carbonyl (C=O) groups excluding carboxylic acids is 1. The second-order valence-electron chi connectivity index (χ2n) is 10.6. The Morgan fingerprint density at radius 2 is 1.59 bits per heavy atom. The number of nitrogens with one attached hydrogen (secondary N) is 1. The standard InChI is InChI=1S/C33H35N3O4S.H2/c37-33(28-12-10-25(11-13-28)22-35-19-18-26-6-4-5-9-29(26)23-35)34-30-14-16-31(17-15-30)41(38,39)36-20-21-40-24-32(36)27-7-2-1-3-8-27;/h1-17,32,38-39H,18-24H2,(H,34,37);1H. The zero-order valence-electron chi connectivity index (χ0n) is 22.9. The highest BCUT2D eigenvalue weighted by Gasteiger charge is 2.35. The summed E-state index contributed by atoms with van der Waals surface area (Å²) in [4.78, 5) is 15.8. The molecule has 1 fully saturated rings. The third-order valence-electron chi connectivity index (χ3n) is 7.85. The van der Waals surface area contributed by atoms with Crippen molar-refractivity contribution in [2.75, 3.05) is 31.6 Å². The zero-order valence-corrected chi connectivity index (χ0v) is 23.7. The molecule has 1 unspecified atom stereocenters. The van der Waals surface area contributed by atoms with Gasteiger partial charge in [-0.1, -0.05) is 66.7 Å². The Bertz CT molecular complexity index is 1490. The van der Waals surface area contributed by atoms with Crippen LogP contribution in [-0.2, 0) is 24.2 Å². The number of amides is 1. The summed E-state index contributed by atoms with van der Waals surface area (Å²) in [5.74, 6) is -0.208. The molecule has 0 bridgehead atoms. The van der Waals surface area contributed by atoms with Crippen molar-refractivity contribution >= 4 is 22.4 Å². The molecule has 0 saturated carbocycles. The van der Waals surface area contributed by atoms with Gasteiger partial charge in [0.25, 0.3) is 5.91 Å². The number of hydrogen-bond acceptors (Lipinski definition) is 6. The van der Waals surface area contributed by atoms with Crippen molar-refractivity contribution in [2.45, 2.75) is 30.4 Å². The van der Waals surface area contributed by atoms with E-state index >= 15 is 0 Å². The molecule has 6 rings (SSSR count). The van der Waals surface area contributed by atoms with E-state index < -0.39 is 10.8 Å². The second-order valence-corrected chi connectivity index (χ2v) is 12.5. The van der Waals surface area contributed by atoms with Crippen LogP contribution in [0, 0.1) is 0 Å². The highest BCUT2D eigenvalue weighted by atomic mass is 32.3. The lowest BCUT2D eigenvalue weighted by atomic mass is 9.99. The molecule has 41 heavy (non-hydrogen) atoms. The van der Waals surface area contributed by atoms with E-state index in [1.165, 1.54) is 16.7 Å². The lowest BCUT2D eigenvalue weighted by molar-refractivity contribution is 0.0273.